The molecular formula is C19H14BrFN2O2. The van der Waals surface area contributed by atoms with E-state index in [-0.39, 0.29) is 17.4 Å². The minimum Gasteiger partial charge on any atom is -0.279 e. The van der Waals surface area contributed by atoms with Gasteiger partial charge in [0.15, 0.2) is 0 Å². The lowest BCUT2D eigenvalue weighted by atomic mass is 10.2. The van der Waals surface area contributed by atoms with Gasteiger partial charge < -0.3 is 0 Å². The molecular weight excluding hydrogens is 387 g/mol. The van der Waals surface area contributed by atoms with Gasteiger partial charge in [0.2, 0.25) is 0 Å². The number of benzene rings is 2. The fourth-order valence-electron chi connectivity index (χ4n) is 2.71. The molecule has 25 heavy (non-hydrogen) atoms. The van der Waals surface area contributed by atoms with Gasteiger partial charge in [0, 0.05) is 4.47 Å². The standard InChI is InChI=1S/C19H14BrFN2O2/c1-3-12(2)23-17-10-15(21)8-9-16(17)18(24)22(19(23)25)11-13-4-6-14(20)7-5-13/h1,4-10,12H,11H2,2H3. The van der Waals surface area contributed by atoms with Crippen LogP contribution in [0.4, 0.5) is 4.39 Å². The van der Waals surface area contributed by atoms with Gasteiger partial charge >= 0.3 is 5.69 Å². The Hall–Kier alpha value is -2.65. The van der Waals surface area contributed by atoms with Crippen LogP contribution in [0.25, 0.3) is 10.9 Å². The molecule has 1 atom stereocenters. The summed E-state index contributed by atoms with van der Waals surface area (Å²) in [7, 11) is 0. The predicted molar refractivity (Wildman–Crippen MR) is 99.2 cm³/mol. The van der Waals surface area contributed by atoms with Gasteiger partial charge in [0.05, 0.1) is 23.5 Å². The van der Waals surface area contributed by atoms with E-state index in [1.54, 1.807) is 6.92 Å². The summed E-state index contributed by atoms with van der Waals surface area (Å²) in [5.74, 6) is 1.94. The molecule has 0 radical (unpaired) electrons. The highest BCUT2D eigenvalue weighted by atomic mass is 79.9. The Kier molecular flexibility index (Phi) is 4.60. The van der Waals surface area contributed by atoms with Crippen molar-refractivity contribution >= 4 is 26.8 Å². The predicted octanol–water partition coefficient (Wildman–Crippen LogP) is 3.31. The molecule has 0 N–H and O–H groups in total. The molecule has 4 nitrogen and oxygen atoms in total. The SMILES string of the molecule is C#CC(C)n1c(=O)n(Cc2ccc(Br)cc2)c(=O)c2ccc(F)cc21. The van der Waals surface area contributed by atoms with Gasteiger partial charge in [0.25, 0.3) is 5.56 Å². The van der Waals surface area contributed by atoms with Gasteiger partial charge in [-0.1, -0.05) is 34.0 Å². The summed E-state index contributed by atoms with van der Waals surface area (Å²) in [5, 5.41) is 0.250. The maximum absolute atomic E-state index is 13.7. The number of fused-ring (bicyclic) bond motifs is 1. The Labute approximate surface area is 151 Å². The molecule has 126 valence electrons. The summed E-state index contributed by atoms with van der Waals surface area (Å²) in [5.41, 5.74) is -0.0314. The maximum atomic E-state index is 13.7. The Morgan fingerprint density at radius 3 is 2.52 bits per heavy atom. The van der Waals surface area contributed by atoms with E-state index in [4.69, 9.17) is 6.42 Å². The zero-order valence-electron chi connectivity index (χ0n) is 13.4. The zero-order valence-corrected chi connectivity index (χ0v) is 15.0. The Morgan fingerprint density at radius 2 is 1.88 bits per heavy atom. The van der Waals surface area contributed by atoms with Gasteiger partial charge in [-0.25, -0.2) is 9.18 Å². The Morgan fingerprint density at radius 1 is 1.20 bits per heavy atom. The normalized spacial score (nSPS) is 12.1. The first-order chi connectivity index (χ1) is 11.9. The van der Waals surface area contributed by atoms with Crippen LogP contribution in [0.2, 0.25) is 0 Å². The van der Waals surface area contributed by atoms with E-state index < -0.39 is 23.1 Å². The van der Waals surface area contributed by atoms with Gasteiger partial charge in [-0.05, 0) is 42.8 Å². The third-order valence-corrected chi connectivity index (χ3v) is 4.54. The summed E-state index contributed by atoms with van der Waals surface area (Å²) in [6.45, 7) is 1.76. The third kappa shape index (κ3) is 3.15. The number of halogens is 2. The van der Waals surface area contributed by atoms with Gasteiger partial charge in [-0.2, -0.15) is 0 Å². The van der Waals surface area contributed by atoms with Crippen molar-refractivity contribution in [2.45, 2.75) is 19.5 Å². The molecule has 3 rings (SSSR count). The van der Waals surface area contributed by atoms with Crippen molar-refractivity contribution < 1.29 is 4.39 Å². The van der Waals surface area contributed by atoms with Crippen molar-refractivity contribution in [1.82, 2.24) is 9.13 Å². The van der Waals surface area contributed by atoms with Crippen LogP contribution in [-0.2, 0) is 6.54 Å². The molecule has 1 aromatic heterocycles. The number of aromatic nitrogens is 2. The Bertz CT molecular complexity index is 1110. The quantitative estimate of drug-likeness (QED) is 0.633. The number of hydrogen-bond acceptors (Lipinski definition) is 2. The van der Waals surface area contributed by atoms with E-state index in [0.29, 0.717) is 0 Å². The van der Waals surface area contributed by atoms with Gasteiger partial charge in [0.1, 0.15) is 5.82 Å². The second-order valence-corrected chi connectivity index (χ2v) is 6.59. The van der Waals surface area contributed by atoms with Crippen molar-refractivity contribution in [2.75, 3.05) is 0 Å². The van der Waals surface area contributed by atoms with Gasteiger partial charge in [-0.3, -0.25) is 13.9 Å². The van der Waals surface area contributed by atoms with Crippen LogP contribution in [0.15, 0.2) is 56.5 Å². The first-order valence-corrected chi connectivity index (χ1v) is 8.37. The molecule has 0 saturated carbocycles. The second-order valence-electron chi connectivity index (χ2n) is 5.67. The zero-order chi connectivity index (χ0) is 18.1. The van der Waals surface area contributed by atoms with Crippen LogP contribution < -0.4 is 11.2 Å². The fourth-order valence-corrected chi connectivity index (χ4v) is 2.98. The molecule has 0 aliphatic heterocycles. The molecule has 0 saturated heterocycles. The highest BCUT2D eigenvalue weighted by Crippen LogP contribution is 2.15. The lowest BCUT2D eigenvalue weighted by Gasteiger charge is -2.16. The molecule has 0 spiro atoms. The van der Waals surface area contributed by atoms with E-state index in [9.17, 15) is 14.0 Å². The molecule has 1 unspecified atom stereocenters. The van der Waals surface area contributed by atoms with Gasteiger partial charge in [-0.15, -0.1) is 6.42 Å². The molecule has 0 amide bonds. The van der Waals surface area contributed by atoms with Crippen LogP contribution >= 0.6 is 15.9 Å². The highest BCUT2D eigenvalue weighted by molar-refractivity contribution is 9.10. The fraction of sp³-hybridized carbons (Fsp3) is 0.158. The van der Waals surface area contributed by atoms with Crippen LogP contribution in [0.1, 0.15) is 18.5 Å². The second kappa shape index (κ2) is 6.69. The largest absolute Gasteiger partial charge is 0.332 e. The molecule has 0 bridgehead atoms. The van der Waals surface area contributed by atoms with Crippen molar-refractivity contribution in [3.8, 4) is 12.3 Å². The van der Waals surface area contributed by atoms with Crippen molar-refractivity contribution in [1.29, 1.82) is 0 Å². The van der Waals surface area contributed by atoms with Crippen molar-refractivity contribution in [3.63, 3.8) is 0 Å². The lowest BCUT2D eigenvalue weighted by molar-refractivity contribution is 0.584. The average Bonchev–Trinajstić information content (AvgIpc) is 2.60. The minimum absolute atomic E-state index is 0.107. The third-order valence-electron chi connectivity index (χ3n) is 4.01. The number of rotatable bonds is 3. The van der Waals surface area contributed by atoms with E-state index in [1.165, 1.54) is 16.7 Å². The molecule has 1 heterocycles. The topological polar surface area (TPSA) is 44.0 Å². The molecule has 0 aliphatic carbocycles. The van der Waals surface area contributed by atoms with Crippen LogP contribution in [-0.4, -0.2) is 9.13 Å². The average molecular weight is 401 g/mol. The van der Waals surface area contributed by atoms with Crippen LogP contribution in [0.5, 0.6) is 0 Å². The molecule has 2 aromatic carbocycles. The first kappa shape index (κ1) is 17.2. The summed E-state index contributed by atoms with van der Waals surface area (Å²) in [4.78, 5) is 25.6. The molecule has 6 heteroatoms. The molecule has 3 aromatic rings. The van der Waals surface area contributed by atoms with E-state index in [1.807, 2.05) is 24.3 Å². The van der Waals surface area contributed by atoms with Crippen LogP contribution in [0.3, 0.4) is 0 Å². The minimum atomic E-state index is -0.617. The summed E-state index contributed by atoms with van der Waals surface area (Å²) in [6.07, 6.45) is 5.46. The highest BCUT2D eigenvalue weighted by Gasteiger charge is 2.17. The van der Waals surface area contributed by atoms with Crippen molar-refractivity contribution in [2.24, 2.45) is 0 Å². The van der Waals surface area contributed by atoms with Crippen LogP contribution in [0, 0.1) is 18.2 Å². The lowest BCUT2D eigenvalue weighted by Crippen LogP contribution is -2.41. The summed E-state index contributed by atoms with van der Waals surface area (Å²) >= 11 is 3.35. The first-order valence-electron chi connectivity index (χ1n) is 7.57. The van der Waals surface area contributed by atoms with E-state index in [0.717, 1.165) is 20.7 Å². The summed E-state index contributed by atoms with van der Waals surface area (Å²) in [6, 6.07) is 10.4. The summed E-state index contributed by atoms with van der Waals surface area (Å²) < 4.78 is 17.0. The van der Waals surface area contributed by atoms with Crippen molar-refractivity contribution in [3.05, 3.63) is 79.2 Å². The number of nitrogens with zero attached hydrogens (tertiary/aromatic N) is 2. The number of hydrogen-bond donors (Lipinski definition) is 0. The smallest absolute Gasteiger partial charge is 0.279 e. The molecule has 0 aliphatic rings. The molecule has 0 fully saturated rings. The van der Waals surface area contributed by atoms with E-state index >= 15 is 0 Å². The number of terminal acetylenes is 1. The maximum Gasteiger partial charge on any atom is 0.332 e. The Balaban J connectivity index is 2.31. The monoisotopic (exact) mass is 400 g/mol. The van der Waals surface area contributed by atoms with E-state index in [2.05, 4.69) is 21.9 Å².